The van der Waals surface area contributed by atoms with E-state index in [1.807, 2.05) is 13.8 Å². The van der Waals surface area contributed by atoms with Crippen LogP contribution in [-0.4, -0.2) is 27.2 Å². The minimum Gasteiger partial charge on any atom is -0.495 e. The molecule has 2 aromatic carbocycles. The maximum Gasteiger partial charge on any atom is 0.393 e. The lowest BCUT2D eigenvalue weighted by atomic mass is 10.1. The zero-order chi connectivity index (χ0) is 25.8. The number of aromatic nitrogens is 2. The molecule has 4 aromatic rings. The van der Waals surface area contributed by atoms with Gasteiger partial charge < -0.3 is 9.26 Å². The molecule has 0 saturated heterocycles. The first-order valence-electron chi connectivity index (χ1n) is 10.3. The number of fused-ring (bicyclic) bond motifs is 1. The molecule has 1 unspecified atom stereocenters. The Balaban J connectivity index is 0.00000167. The van der Waals surface area contributed by atoms with Crippen molar-refractivity contribution in [2.24, 2.45) is 0 Å². The van der Waals surface area contributed by atoms with Crippen molar-refractivity contribution in [3.63, 3.8) is 0 Å². The summed E-state index contributed by atoms with van der Waals surface area (Å²) >= 11 is 0. The van der Waals surface area contributed by atoms with Gasteiger partial charge in [-0.15, -0.1) is 0 Å². The Hall–Kier alpha value is -3.67. The Kier molecular flexibility index (Phi) is 7.95. The molecule has 2 heterocycles. The minimum atomic E-state index is -4.62. The summed E-state index contributed by atoms with van der Waals surface area (Å²) in [5, 5.41) is 4.10. The Labute approximate surface area is 199 Å². The van der Waals surface area contributed by atoms with E-state index in [2.05, 4.69) is 14.4 Å². The lowest BCUT2D eigenvalue weighted by Gasteiger charge is -2.17. The molecule has 0 spiro atoms. The monoisotopic (exact) mass is 511 g/mol. The van der Waals surface area contributed by atoms with Crippen LogP contribution in [0.4, 0.5) is 23.4 Å². The SMILES string of the molecule is CC.COc1cc(CC(F)(F)F)c(F)cc1-n1c(=O)ccc2cc(S(=O)Nc3ccon3)ccc21. The zero-order valence-electron chi connectivity index (χ0n) is 18.9. The molecule has 0 aliphatic carbocycles. The fourth-order valence-corrected chi connectivity index (χ4v) is 4.12. The first-order valence-corrected chi connectivity index (χ1v) is 11.5. The van der Waals surface area contributed by atoms with E-state index < -0.39 is 40.5 Å². The van der Waals surface area contributed by atoms with E-state index in [9.17, 15) is 26.6 Å². The average molecular weight is 511 g/mol. The minimum absolute atomic E-state index is 0.0638. The summed E-state index contributed by atoms with van der Waals surface area (Å²) in [5.74, 6) is -0.968. The van der Waals surface area contributed by atoms with Crippen LogP contribution in [0.1, 0.15) is 19.4 Å². The van der Waals surface area contributed by atoms with Crippen molar-refractivity contribution < 1.29 is 31.0 Å². The van der Waals surface area contributed by atoms with Gasteiger partial charge in [0, 0.05) is 29.1 Å². The molecular weight excluding hydrogens is 490 g/mol. The van der Waals surface area contributed by atoms with Gasteiger partial charge in [0.2, 0.25) is 0 Å². The van der Waals surface area contributed by atoms with Gasteiger partial charge in [-0.05, 0) is 30.3 Å². The molecule has 0 aliphatic rings. The van der Waals surface area contributed by atoms with E-state index in [-0.39, 0.29) is 17.3 Å². The summed E-state index contributed by atoms with van der Waals surface area (Å²) in [4.78, 5) is 13.0. The summed E-state index contributed by atoms with van der Waals surface area (Å²) in [6.45, 7) is 4.00. The predicted molar refractivity (Wildman–Crippen MR) is 124 cm³/mol. The lowest BCUT2D eigenvalue weighted by molar-refractivity contribution is -0.127. The summed E-state index contributed by atoms with van der Waals surface area (Å²) in [6, 6.07) is 10.5. The van der Waals surface area contributed by atoms with Gasteiger partial charge >= 0.3 is 6.18 Å². The van der Waals surface area contributed by atoms with E-state index >= 15 is 0 Å². The fraction of sp³-hybridized carbons (Fsp3) is 0.217. The summed E-state index contributed by atoms with van der Waals surface area (Å²) in [5.41, 5.74) is -0.913. The molecule has 186 valence electrons. The normalized spacial score (nSPS) is 12.1. The number of methoxy groups -OCH3 is 1. The highest BCUT2D eigenvalue weighted by molar-refractivity contribution is 7.86. The quantitative estimate of drug-likeness (QED) is 0.351. The van der Waals surface area contributed by atoms with Crippen molar-refractivity contribution in [1.29, 1.82) is 0 Å². The van der Waals surface area contributed by atoms with E-state index in [0.717, 1.165) is 16.7 Å². The van der Waals surface area contributed by atoms with Crippen molar-refractivity contribution in [2.75, 3.05) is 11.8 Å². The molecule has 4 rings (SSSR count). The molecule has 12 heteroatoms. The van der Waals surface area contributed by atoms with Gasteiger partial charge in [0.15, 0.2) is 16.8 Å². The van der Waals surface area contributed by atoms with Crippen molar-refractivity contribution in [2.45, 2.75) is 31.3 Å². The predicted octanol–water partition coefficient (Wildman–Crippen LogP) is 5.39. The highest BCUT2D eigenvalue weighted by Crippen LogP contribution is 2.32. The number of nitrogens with zero attached hydrogens (tertiary/aromatic N) is 2. The van der Waals surface area contributed by atoms with Crippen LogP contribution >= 0.6 is 0 Å². The van der Waals surface area contributed by atoms with Crippen LogP contribution in [0, 0.1) is 5.82 Å². The Morgan fingerprint density at radius 1 is 1.11 bits per heavy atom. The van der Waals surface area contributed by atoms with Gasteiger partial charge in [0.1, 0.15) is 17.8 Å². The molecule has 2 aromatic heterocycles. The second-order valence-electron chi connectivity index (χ2n) is 6.89. The van der Waals surface area contributed by atoms with Crippen LogP contribution in [0.2, 0.25) is 0 Å². The zero-order valence-corrected chi connectivity index (χ0v) is 19.7. The third-order valence-electron chi connectivity index (χ3n) is 4.69. The van der Waals surface area contributed by atoms with Crippen molar-refractivity contribution in [1.82, 2.24) is 9.72 Å². The number of hydrogen-bond donors (Lipinski definition) is 1. The van der Waals surface area contributed by atoms with Crippen LogP contribution in [0.25, 0.3) is 16.6 Å². The van der Waals surface area contributed by atoms with Crippen LogP contribution in [0.3, 0.4) is 0 Å². The van der Waals surface area contributed by atoms with Gasteiger partial charge in [-0.3, -0.25) is 14.1 Å². The number of benzene rings is 2. The van der Waals surface area contributed by atoms with Crippen molar-refractivity contribution in [3.05, 3.63) is 76.5 Å². The fourth-order valence-electron chi connectivity index (χ4n) is 3.28. The molecule has 0 radical (unpaired) electrons. The molecule has 1 atom stereocenters. The molecular formula is C23H21F4N3O4S. The Morgan fingerprint density at radius 2 is 1.86 bits per heavy atom. The number of nitrogens with one attached hydrogen (secondary N) is 1. The van der Waals surface area contributed by atoms with E-state index in [1.54, 1.807) is 6.07 Å². The van der Waals surface area contributed by atoms with Gasteiger partial charge in [-0.25, -0.2) is 8.60 Å². The number of halogens is 4. The first-order chi connectivity index (χ1) is 16.7. The number of hydrogen-bond acceptors (Lipinski definition) is 5. The molecule has 0 aliphatic heterocycles. The number of pyridine rings is 1. The number of ether oxygens (including phenoxy) is 1. The second-order valence-corrected chi connectivity index (χ2v) is 8.10. The molecule has 0 bridgehead atoms. The van der Waals surface area contributed by atoms with Crippen LogP contribution in [0.5, 0.6) is 5.75 Å². The number of anilines is 1. The van der Waals surface area contributed by atoms with Crippen molar-refractivity contribution in [3.8, 4) is 11.4 Å². The summed E-state index contributed by atoms with van der Waals surface area (Å²) < 4.78 is 79.0. The molecule has 7 nitrogen and oxygen atoms in total. The first kappa shape index (κ1) is 25.9. The molecule has 0 saturated carbocycles. The van der Waals surface area contributed by atoms with Gasteiger partial charge in [0.25, 0.3) is 5.56 Å². The van der Waals surface area contributed by atoms with E-state index in [1.165, 1.54) is 43.7 Å². The Bertz CT molecular complexity index is 1400. The number of alkyl halides is 3. The van der Waals surface area contributed by atoms with Crippen molar-refractivity contribution >= 4 is 27.7 Å². The van der Waals surface area contributed by atoms with Gasteiger partial charge in [0.05, 0.1) is 29.6 Å². The average Bonchev–Trinajstić information content (AvgIpc) is 3.33. The summed E-state index contributed by atoms with van der Waals surface area (Å²) in [7, 11) is -0.490. The van der Waals surface area contributed by atoms with E-state index in [4.69, 9.17) is 4.74 Å². The smallest absolute Gasteiger partial charge is 0.393 e. The van der Waals surface area contributed by atoms with Gasteiger partial charge in [-0.1, -0.05) is 19.0 Å². The maximum atomic E-state index is 14.5. The highest BCUT2D eigenvalue weighted by atomic mass is 32.2. The van der Waals surface area contributed by atoms with Gasteiger partial charge in [-0.2, -0.15) is 13.2 Å². The van der Waals surface area contributed by atoms with Crippen LogP contribution in [0.15, 0.2) is 69.0 Å². The van der Waals surface area contributed by atoms with Crippen LogP contribution in [-0.2, 0) is 17.4 Å². The topological polar surface area (TPSA) is 86.4 Å². The third-order valence-corrected chi connectivity index (χ3v) is 5.77. The highest BCUT2D eigenvalue weighted by Gasteiger charge is 2.30. The lowest BCUT2D eigenvalue weighted by Crippen LogP contribution is -2.19. The standard InChI is InChI=1S/C21H15F4N3O4S.C2H6/c1-31-18-9-13(11-21(23,24)25)15(22)10-17(18)28-16-4-3-14(8-12(16)2-5-20(28)29)33(30)27-19-6-7-32-26-19;1-2/h2-10H,11H2,1H3,(H,26,27);1-2H3. The van der Waals surface area contributed by atoms with E-state index in [0.29, 0.717) is 15.8 Å². The largest absolute Gasteiger partial charge is 0.495 e. The Morgan fingerprint density at radius 3 is 2.49 bits per heavy atom. The molecule has 1 N–H and O–H groups in total. The molecule has 0 amide bonds. The number of rotatable bonds is 6. The second kappa shape index (κ2) is 10.7. The van der Waals surface area contributed by atoms with Crippen LogP contribution < -0.4 is 15.0 Å². The maximum absolute atomic E-state index is 14.5. The summed E-state index contributed by atoms with van der Waals surface area (Å²) in [6.07, 6.45) is -4.78. The third kappa shape index (κ3) is 5.88. The molecule has 0 fully saturated rings. The molecule has 35 heavy (non-hydrogen) atoms.